The van der Waals surface area contributed by atoms with E-state index >= 15 is 0 Å². The number of fused-ring (bicyclic) bond motifs is 1. The molecular weight excluding hydrogens is 334 g/mol. The van der Waals surface area contributed by atoms with Crippen molar-refractivity contribution in [2.45, 2.75) is 0 Å². The third-order valence-electron chi connectivity index (χ3n) is 3.43. The average Bonchev–Trinajstić information content (AvgIpc) is 2.83. The van der Waals surface area contributed by atoms with Gasteiger partial charge in [-0.15, -0.1) is 0 Å². The number of hydrogen-bond acceptors (Lipinski definition) is 5. The van der Waals surface area contributed by atoms with E-state index in [0.717, 1.165) is 16.9 Å². The molecule has 0 radical (unpaired) electrons. The summed E-state index contributed by atoms with van der Waals surface area (Å²) in [5, 5.41) is 10.6. The fourth-order valence-electron chi connectivity index (χ4n) is 2.43. The Kier molecular flexibility index (Phi) is 3.56. The SMILES string of the molecule is N#Cc1c(N)[nH+]c2sc(C(N)=O)c(N)c2c1-c1ccc(Cl)cc1. The number of carbonyl (C=O) groups excluding carboxylic acids is 1. The maximum atomic E-state index is 11.5. The lowest BCUT2D eigenvalue weighted by Crippen LogP contribution is -2.13. The molecular formula is C15H11ClN5OS+. The lowest BCUT2D eigenvalue weighted by atomic mass is 9.97. The molecule has 0 atom stereocenters. The Hall–Kier alpha value is -2.82. The third-order valence-corrected chi connectivity index (χ3v) is 4.82. The molecule has 0 unspecified atom stereocenters. The van der Waals surface area contributed by atoms with E-state index in [4.69, 9.17) is 28.8 Å². The maximum absolute atomic E-state index is 11.5. The zero-order chi connectivity index (χ0) is 16.7. The Morgan fingerprint density at radius 3 is 2.48 bits per heavy atom. The van der Waals surface area contributed by atoms with Crippen LogP contribution in [-0.2, 0) is 0 Å². The van der Waals surface area contributed by atoms with Crippen LogP contribution in [0.1, 0.15) is 15.2 Å². The fourth-order valence-corrected chi connectivity index (χ4v) is 3.55. The van der Waals surface area contributed by atoms with Crippen molar-refractivity contribution in [1.82, 2.24) is 0 Å². The summed E-state index contributed by atoms with van der Waals surface area (Å²) in [6, 6.07) is 9.01. The molecule has 6 nitrogen and oxygen atoms in total. The lowest BCUT2D eigenvalue weighted by molar-refractivity contribution is -0.323. The number of nitrogen functional groups attached to an aromatic ring is 2. The summed E-state index contributed by atoms with van der Waals surface area (Å²) in [4.78, 5) is 15.3. The van der Waals surface area contributed by atoms with Crippen LogP contribution in [0.25, 0.3) is 21.3 Å². The molecule has 8 heteroatoms. The number of rotatable bonds is 2. The first-order valence-corrected chi connectivity index (χ1v) is 7.66. The van der Waals surface area contributed by atoms with Crippen molar-refractivity contribution in [1.29, 1.82) is 5.26 Å². The van der Waals surface area contributed by atoms with Gasteiger partial charge < -0.3 is 11.5 Å². The molecule has 0 bridgehead atoms. The fraction of sp³-hybridized carbons (Fsp3) is 0. The number of carbonyl (C=O) groups is 1. The average molecular weight is 345 g/mol. The number of hydrogen-bond donors (Lipinski definition) is 3. The van der Waals surface area contributed by atoms with Gasteiger partial charge in [0.25, 0.3) is 11.7 Å². The number of aromatic nitrogens is 1. The minimum absolute atomic E-state index is 0.197. The van der Waals surface area contributed by atoms with Crippen molar-refractivity contribution in [3.8, 4) is 17.2 Å². The van der Waals surface area contributed by atoms with E-state index in [1.54, 1.807) is 24.3 Å². The first-order chi connectivity index (χ1) is 10.9. The minimum Gasteiger partial charge on any atom is -0.397 e. The second-order valence-corrected chi connectivity index (χ2v) is 6.28. The largest absolute Gasteiger partial charge is 0.397 e. The van der Waals surface area contributed by atoms with Crippen LogP contribution in [0.2, 0.25) is 5.02 Å². The van der Waals surface area contributed by atoms with Crippen LogP contribution in [-0.4, -0.2) is 5.91 Å². The monoisotopic (exact) mass is 344 g/mol. The topological polar surface area (TPSA) is 133 Å². The van der Waals surface area contributed by atoms with Crippen molar-refractivity contribution in [2.75, 3.05) is 11.5 Å². The summed E-state index contributed by atoms with van der Waals surface area (Å²) in [7, 11) is 0. The molecule has 7 N–H and O–H groups in total. The summed E-state index contributed by atoms with van der Waals surface area (Å²) in [6.07, 6.45) is 0. The molecule has 0 saturated carbocycles. The van der Waals surface area contributed by atoms with Crippen molar-refractivity contribution in [2.24, 2.45) is 5.73 Å². The molecule has 0 aliphatic carbocycles. The molecule has 114 valence electrons. The van der Waals surface area contributed by atoms with Gasteiger partial charge >= 0.3 is 0 Å². The van der Waals surface area contributed by atoms with Gasteiger partial charge in [-0.2, -0.15) is 5.26 Å². The molecule has 0 fully saturated rings. The Morgan fingerprint density at radius 2 is 1.91 bits per heavy atom. The number of H-pyrrole nitrogens is 1. The second-order valence-electron chi connectivity index (χ2n) is 4.82. The molecule has 1 amide bonds. The van der Waals surface area contributed by atoms with E-state index in [9.17, 15) is 10.1 Å². The molecule has 3 aromatic rings. The number of nitrogens with two attached hydrogens (primary N) is 3. The first kappa shape index (κ1) is 15.1. The number of aromatic amines is 1. The first-order valence-electron chi connectivity index (χ1n) is 6.46. The molecule has 23 heavy (non-hydrogen) atoms. The summed E-state index contributed by atoms with van der Waals surface area (Å²) in [5.74, 6) is -0.432. The molecule has 0 saturated heterocycles. The van der Waals surface area contributed by atoms with Crippen molar-refractivity contribution < 1.29 is 9.78 Å². The standard InChI is InChI=1S/C15H10ClN5OS/c16-7-3-1-6(2-4-7)9-8(5-17)13(19)21-15-10(9)11(18)12(23-15)14(20)22/h1-4H,18H2,(H2,19,21)(H2,20,22)/p+1. The summed E-state index contributed by atoms with van der Waals surface area (Å²) < 4.78 is 0. The van der Waals surface area contributed by atoms with Crippen molar-refractivity contribution in [3.05, 3.63) is 39.7 Å². The highest BCUT2D eigenvalue weighted by Gasteiger charge is 2.25. The van der Waals surface area contributed by atoms with E-state index in [-0.39, 0.29) is 21.9 Å². The number of anilines is 2. The number of thiophene rings is 1. The lowest BCUT2D eigenvalue weighted by Gasteiger charge is -2.07. The van der Waals surface area contributed by atoms with Crippen LogP contribution in [0.4, 0.5) is 11.5 Å². The van der Waals surface area contributed by atoms with Crippen molar-refractivity contribution >= 4 is 50.6 Å². The summed E-state index contributed by atoms with van der Waals surface area (Å²) in [6.45, 7) is 0. The van der Waals surface area contributed by atoms with Crippen LogP contribution in [0.15, 0.2) is 24.3 Å². The van der Waals surface area contributed by atoms with Gasteiger partial charge in [-0.1, -0.05) is 35.1 Å². The Labute approximate surface area is 140 Å². The quantitative estimate of drug-likeness (QED) is 0.656. The zero-order valence-corrected chi connectivity index (χ0v) is 13.3. The minimum atomic E-state index is -0.628. The highest BCUT2D eigenvalue weighted by atomic mass is 35.5. The van der Waals surface area contributed by atoms with Crippen LogP contribution in [0, 0.1) is 11.3 Å². The molecule has 0 aliphatic rings. The molecule has 1 aromatic carbocycles. The van der Waals surface area contributed by atoms with E-state index in [2.05, 4.69) is 11.1 Å². The van der Waals surface area contributed by atoms with Gasteiger partial charge in [0.15, 0.2) is 4.83 Å². The molecule has 3 rings (SSSR count). The van der Waals surface area contributed by atoms with Gasteiger partial charge in [-0.3, -0.25) is 10.5 Å². The molecule has 2 aromatic heterocycles. The number of nitrogens with zero attached hydrogens (tertiary/aromatic N) is 1. The van der Waals surface area contributed by atoms with E-state index < -0.39 is 5.91 Å². The van der Waals surface area contributed by atoms with Crippen LogP contribution in [0.3, 0.4) is 0 Å². The van der Waals surface area contributed by atoms with Crippen LogP contribution < -0.4 is 22.2 Å². The summed E-state index contributed by atoms with van der Waals surface area (Å²) in [5.41, 5.74) is 19.2. The number of nitrogens with one attached hydrogen (secondary N) is 1. The Balaban J connectivity index is 2.48. The summed E-state index contributed by atoms with van der Waals surface area (Å²) >= 11 is 7.03. The van der Waals surface area contributed by atoms with E-state index in [1.165, 1.54) is 0 Å². The molecule has 2 heterocycles. The Morgan fingerprint density at radius 1 is 1.26 bits per heavy atom. The van der Waals surface area contributed by atoms with Gasteiger partial charge in [0.2, 0.25) is 0 Å². The number of halogens is 1. The van der Waals surface area contributed by atoms with Crippen LogP contribution >= 0.6 is 22.9 Å². The van der Waals surface area contributed by atoms with E-state index in [1.807, 2.05) is 0 Å². The predicted molar refractivity (Wildman–Crippen MR) is 90.9 cm³/mol. The van der Waals surface area contributed by atoms with Gasteiger partial charge in [0, 0.05) is 10.6 Å². The molecule has 0 spiro atoms. The van der Waals surface area contributed by atoms with Gasteiger partial charge in [0.05, 0.1) is 11.1 Å². The van der Waals surface area contributed by atoms with Gasteiger partial charge in [-0.25, -0.2) is 4.98 Å². The highest BCUT2D eigenvalue weighted by Crippen LogP contribution is 2.41. The zero-order valence-electron chi connectivity index (χ0n) is 11.7. The molecule has 0 aliphatic heterocycles. The maximum Gasteiger partial charge on any atom is 0.290 e. The predicted octanol–water partition coefficient (Wildman–Crippen LogP) is 2.17. The number of primary amides is 1. The van der Waals surface area contributed by atoms with Gasteiger partial charge in [0.1, 0.15) is 16.5 Å². The van der Waals surface area contributed by atoms with Crippen LogP contribution in [0.5, 0.6) is 0 Å². The van der Waals surface area contributed by atoms with Crippen molar-refractivity contribution in [3.63, 3.8) is 0 Å². The van der Waals surface area contributed by atoms with E-state index in [0.29, 0.717) is 20.8 Å². The number of benzene rings is 1. The second kappa shape index (κ2) is 5.43. The smallest absolute Gasteiger partial charge is 0.290 e. The Bertz CT molecular complexity index is 988. The highest BCUT2D eigenvalue weighted by molar-refractivity contribution is 7.20. The number of amides is 1. The van der Waals surface area contributed by atoms with Gasteiger partial charge in [-0.05, 0) is 17.7 Å². The number of nitriles is 1. The normalized spacial score (nSPS) is 10.6. The number of pyridine rings is 1. The third kappa shape index (κ3) is 2.34.